The highest BCUT2D eigenvalue weighted by Gasteiger charge is 2.63. The van der Waals surface area contributed by atoms with E-state index in [1.54, 1.807) is 0 Å². The third-order valence-electron chi connectivity index (χ3n) is 3.42. The predicted octanol–water partition coefficient (Wildman–Crippen LogP) is 2.42. The van der Waals surface area contributed by atoms with Gasteiger partial charge in [0, 0.05) is 12.3 Å². The predicted molar refractivity (Wildman–Crippen MR) is 55.8 cm³/mol. The van der Waals surface area contributed by atoms with E-state index in [1.807, 2.05) is 0 Å². The number of hydrogen-bond donors (Lipinski definition) is 0. The van der Waals surface area contributed by atoms with E-state index in [9.17, 15) is 0 Å². The van der Waals surface area contributed by atoms with Crippen molar-refractivity contribution in [2.24, 2.45) is 10.5 Å². The van der Waals surface area contributed by atoms with Crippen molar-refractivity contribution in [2.75, 3.05) is 6.54 Å². The third-order valence-corrected chi connectivity index (χ3v) is 3.42. The molecule has 2 nitrogen and oxygen atoms in total. The summed E-state index contributed by atoms with van der Waals surface area (Å²) >= 11 is 0. The van der Waals surface area contributed by atoms with Crippen LogP contribution in [0, 0.1) is 5.41 Å². The van der Waals surface area contributed by atoms with Crippen molar-refractivity contribution >= 4 is 5.71 Å². The molecule has 2 atom stereocenters. The Labute approximate surface area is 80.3 Å². The Morgan fingerprint density at radius 2 is 2.46 bits per heavy atom. The molecule has 2 heteroatoms. The quantitative estimate of drug-likeness (QED) is 0.606. The molecule has 0 radical (unpaired) electrons. The minimum Gasteiger partial charge on any atom is -0.293 e. The highest BCUT2D eigenvalue weighted by Crippen LogP contribution is 2.59. The van der Waals surface area contributed by atoms with E-state index < -0.39 is 0 Å². The van der Waals surface area contributed by atoms with E-state index in [0.717, 1.165) is 6.54 Å². The van der Waals surface area contributed by atoms with Crippen LogP contribution < -0.4 is 0 Å². The molecule has 2 aliphatic rings. The van der Waals surface area contributed by atoms with Crippen molar-refractivity contribution in [3.05, 3.63) is 12.2 Å². The van der Waals surface area contributed by atoms with Crippen LogP contribution in [0.2, 0.25) is 0 Å². The molecule has 1 aliphatic carbocycles. The lowest BCUT2D eigenvalue weighted by atomic mass is 9.93. The van der Waals surface area contributed by atoms with Crippen LogP contribution in [0.3, 0.4) is 0 Å². The van der Waals surface area contributed by atoms with Crippen molar-refractivity contribution < 1.29 is 0 Å². The molecule has 1 saturated carbocycles. The maximum absolute atomic E-state index is 4.59. The van der Waals surface area contributed by atoms with Crippen LogP contribution in [0.15, 0.2) is 17.3 Å². The molecule has 0 N–H and O–H groups in total. The second-order valence-electron chi connectivity index (χ2n) is 4.32. The average molecular weight is 178 g/mol. The second-order valence-corrected chi connectivity index (χ2v) is 4.32. The van der Waals surface area contributed by atoms with Crippen molar-refractivity contribution in [3.63, 3.8) is 0 Å². The third kappa shape index (κ3) is 0.976. The molecule has 1 fully saturated rings. The molecular formula is C11H18N2. The monoisotopic (exact) mass is 178 g/mol. The van der Waals surface area contributed by atoms with Crippen LogP contribution in [0.5, 0.6) is 0 Å². The first-order chi connectivity index (χ1) is 6.13. The van der Waals surface area contributed by atoms with Gasteiger partial charge in [0.05, 0.1) is 11.5 Å². The number of nitrogens with zero attached hydrogens (tertiary/aromatic N) is 2. The van der Waals surface area contributed by atoms with E-state index in [2.05, 4.69) is 37.5 Å². The van der Waals surface area contributed by atoms with Crippen molar-refractivity contribution in [1.29, 1.82) is 0 Å². The minimum atomic E-state index is 0.273. The Balaban J connectivity index is 2.18. The summed E-state index contributed by atoms with van der Waals surface area (Å²) in [5.74, 6) is 0. The summed E-state index contributed by atoms with van der Waals surface area (Å²) in [4.78, 5) is 0. The number of rotatable bonds is 3. The SMILES string of the molecule is C=C(C)C12CC1N(CCC)N=C2C. The summed E-state index contributed by atoms with van der Waals surface area (Å²) < 4.78 is 0. The smallest absolute Gasteiger partial charge is 0.0630 e. The first-order valence-corrected chi connectivity index (χ1v) is 5.11. The summed E-state index contributed by atoms with van der Waals surface area (Å²) in [5.41, 5.74) is 2.84. The molecular weight excluding hydrogens is 160 g/mol. The van der Waals surface area contributed by atoms with Gasteiger partial charge in [-0.1, -0.05) is 19.1 Å². The molecule has 1 aliphatic heterocycles. The zero-order valence-corrected chi connectivity index (χ0v) is 8.80. The maximum atomic E-state index is 4.59. The van der Waals surface area contributed by atoms with Gasteiger partial charge in [0.2, 0.25) is 0 Å². The molecule has 0 aromatic carbocycles. The lowest BCUT2D eigenvalue weighted by Gasteiger charge is -2.14. The van der Waals surface area contributed by atoms with Gasteiger partial charge in [-0.3, -0.25) is 5.01 Å². The van der Waals surface area contributed by atoms with Gasteiger partial charge in [0.15, 0.2) is 0 Å². The van der Waals surface area contributed by atoms with Crippen LogP contribution >= 0.6 is 0 Å². The van der Waals surface area contributed by atoms with Crippen molar-refractivity contribution in [2.45, 2.75) is 39.7 Å². The molecule has 0 spiro atoms. The van der Waals surface area contributed by atoms with E-state index in [1.165, 1.54) is 24.1 Å². The maximum Gasteiger partial charge on any atom is 0.0630 e. The first kappa shape index (κ1) is 8.79. The summed E-state index contributed by atoms with van der Waals surface area (Å²) in [5, 5.41) is 6.85. The van der Waals surface area contributed by atoms with E-state index in [0.29, 0.717) is 6.04 Å². The summed E-state index contributed by atoms with van der Waals surface area (Å²) in [6.07, 6.45) is 2.43. The van der Waals surface area contributed by atoms with Crippen LogP contribution in [0.25, 0.3) is 0 Å². The summed E-state index contributed by atoms with van der Waals surface area (Å²) in [7, 11) is 0. The fraction of sp³-hybridized carbons (Fsp3) is 0.727. The largest absolute Gasteiger partial charge is 0.293 e. The second kappa shape index (κ2) is 2.60. The van der Waals surface area contributed by atoms with Gasteiger partial charge in [-0.15, -0.1) is 0 Å². The Morgan fingerprint density at radius 1 is 1.77 bits per heavy atom. The van der Waals surface area contributed by atoms with Crippen molar-refractivity contribution in [3.8, 4) is 0 Å². The molecule has 0 saturated heterocycles. The molecule has 72 valence electrons. The van der Waals surface area contributed by atoms with Gasteiger partial charge in [-0.25, -0.2) is 0 Å². The molecule has 2 rings (SSSR count). The van der Waals surface area contributed by atoms with Gasteiger partial charge >= 0.3 is 0 Å². The zero-order valence-electron chi connectivity index (χ0n) is 8.80. The lowest BCUT2D eigenvalue weighted by Crippen LogP contribution is -2.20. The van der Waals surface area contributed by atoms with Crippen LogP contribution in [-0.2, 0) is 0 Å². The fourth-order valence-corrected chi connectivity index (χ4v) is 2.55. The molecule has 0 bridgehead atoms. The van der Waals surface area contributed by atoms with E-state index >= 15 is 0 Å². The Morgan fingerprint density at radius 3 is 2.85 bits per heavy atom. The molecule has 13 heavy (non-hydrogen) atoms. The van der Waals surface area contributed by atoms with E-state index in [4.69, 9.17) is 0 Å². The standard InChI is InChI=1S/C11H18N2/c1-5-6-13-10-7-11(10,8(2)3)9(4)12-13/h10H,2,5-7H2,1,3-4H3. The molecule has 0 aromatic rings. The molecule has 0 aromatic heterocycles. The van der Waals surface area contributed by atoms with Gasteiger partial charge < -0.3 is 0 Å². The minimum absolute atomic E-state index is 0.273. The number of hydrogen-bond acceptors (Lipinski definition) is 2. The highest BCUT2D eigenvalue weighted by molar-refractivity contribution is 5.96. The molecule has 1 heterocycles. The van der Waals surface area contributed by atoms with Crippen LogP contribution in [0.4, 0.5) is 0 Å². The Kier molecular flexibility index (Phi) is 1.76. The fourth-order valence-electron chi connectivity index (χ4n) is 2.55. The highest BCUT2D eigenvalue weighted by atomic mass is 15.5. The lowest BCUT2D eigenvalue weighted by molar-refractivity contribution is 0.282. The van der Waals surface area contributed by atoms with E-state index in [-0.39, 0.29) is 5.41 Å². The first-order valence-electron chi connectivity index (χ1n) is 5.11. The zero-order chi connectivity index (χ0) is 9.64. The summed E-state index contributed by atoms with van der Waals surface area (Å²) in [6, 6.07) is 0.643. The topological polar surface area (TPSA) is 15.6 Å². The van der Waals surface area contributed by atoms with Crippen LogP contribution in [-0.4, -0.2) is 23.3 Å². The average Bonchev–Trinajstić information content (AvgIpc) is 2.73. The molecule has 0 amide bonds. The van der Waals surface area contributed by atoms with Crippen molar-refractivity contribution in [1.82, 2.24) is 5.01 Å². The summed E-state index contributed by atoms with van der Waals surface area (Å²) in [6.45, 7) is 11.7. The van der Waals surface area contributed by atoms with Crippen LogP contribution in [0.1, 0.15) is 33.6 Å². The Bertz CT molecular complexity index is 280. The van der Waals surface area contributed by atoms with Gasteiger partial charge in [-0.2, -0.15) is 5.10 Å². The number of fused-ring (bicyclic) bond motifs is 1. The Hall–Kier alpha value is -0.790. The van der Waals surface area contributed by atoms with Gasteiger partial charge in [0.1, 0.15) is 0 Å². The van der Waals surface area contributed by atoms with Gasteiger partial charge in [-0.05, 0) is 26.7 Å². The number of hydrazone groups is 1. The van der Waals surface area contributed by atoms with Gasteiger partial charge in [0.25, 0.3) is 0 Å². The normalized spacial score (nSPS) is 35.8. The molecule has 2 unspecified atom stereocenters.